The summed E-state index contributed by atoms with van der Waals surface area (Å²) in [6, 6.07) is 15.3. The van der Waals surface area contributed by atoms with Crippen LogP contribution in [-0.2, 0) is 11.3 Å². The summed E-state index contributed by atoms with van der Waals surface area (Å²) in [5, 5.41) is 6.58. The Morgan fingerprint density at radius 3 is 2.79 bits per heavy atom. The molecule has 2 N–H and O–H groups in total. The SMILES string of the molecule is CCC(C)NC(=O)c1cccc(CNC(=O)C=Cc2nc3ccccc3s2)c1. The lowest BCUT2D eigenvalue weighted by Gasteiger charge is -2.12. The standard InChI is InChI=1S/C22H23N3O2S/c1-3-15(2)24-22(27)17-8-6-7-16(13-17)14-23-20(26)11-12-21-25-18-9-4-5-10-19(18)28-21/h4-13,15H,3,14H2,1-2H3,(H,23,26)(H,24,27). The molecule has 6 heteroatoms. The Bertz CT molecular complexity index is 977. The molecule has 0 saturated heterocycles. The molecular weight excluding hydrogens is 370 g/mol. The van der Waals surface area contributed by atoms with Gasteiger partial charge in [0.25, 0.3) is 5.91 Å². The first kappa shape index (κ1) is 19.8. The van der Waals surface area contributed by atoms with Gasteiger partial charge in [0.2, 0.25) is 5.91 Å². The zero-order valence-electron chi connectivity index (χ0n) is 15.9. The summed E-state index contributed by atoms with van der Waals surface area (Å²) in [7, 11) is 0. The lowest BCUT2D eigenvalue weighted by molar-refractivity contribution is -0.116. The second-order valence-corrected chi connectivity index (χ2v) is 7.62. The van der Waals surface area contributed by atoms with Crippen molar-refractivity contribution in [3.05, 3.63) is 70.7 Å². The molecule has 2 aromatic carbocycles. The fraction of sp³-hybridized carbons (Fsp3) is 0.227. The van der Waals surface area contributed by atoms with Gasteiger partial charge < -0.3 is 10.6 Å². The van der Waals surface area contributed by atoms with Crippen LogP contribution in [0.4, 0.5) is 0 Å². The summed E-state index contributed by atoms with van der Waals surface area (Å²) in [6.07, 6.45) is 4.08. The van der Waals surface area contributed by atoms with E-state index in [1.165, 1.54) is 6.08 Å². The minimum absolute atomic E-state index is 0.0988. The zero-order chi connectivity index (χ0) is 19.9. The number of thiazole rings is 1. The lowest BCUT2D eigenvalue weighted by atomic mass is 10.1. The maximum Gasteiger partial charge on any atom is 0.251 e. The van der Waals surface area contributed by atoms with Gasteiger partial charge in [0, 0.05) is 24.2 Å². The van der Waals surface area contributed by atoms with E-state index in [-0.39, 0.29) is 17.9 Å². The second-order valence-electron chi connectivity index (χ2n) is 6.55. The second kappa shape index (κ2) is 9.28. The average molecular weight is 394 g/mol. The third kappa shape index (κ3) is 5.27. The molecule has 3 rings (SSSR count). The highest BCUT2D eigenvalue weighted by atomic mass is 32.1. The Hall–Kier alpha value is -2.99. The van der Waals surface area contributed by atoms with Crippen molar-refractivity contribution >= 4 is 39.4 Å². The molecule has 1 heterocycles. The third-order valence-electron chi connectivity index (χ3n) is 4.33. The number of rotatable bonds is 7. The minimum atomic E-state index is -0.200. The van der Waals surface area contributed by atoms with E-state index in [1.807, 2.05) is 50.2 Å². The van der Waals surface area contributed by atoms with Gasteiger partial charge in [0.1, 0.15) is 5.01 Å². The topological polar surface area (TPSA) is 71.1 Å². The fourth-order valence-electron chi connectivity index (χ4n) is 2.59. The summed E-state index contributed by atoms with van der Waals surface area (Å²) < 4.78 is 1.09. The quantitative estimate of drug-likeness (QED) is 0.592. The van der Waals surface area contributed by atoms with Crippen LogP contribution in [0.1, 0.15) is 41.2 Å². The van der Waals surface area contributed by atoms with Crippen LogP contribution in [0, 0.1) is 0 Å². The number of hydrogen-bond donors (Lipinski definition) is 2. The number of nitrogens with one attached hydrogen (secondary N) is 2. The number of benzene rings is 2. The van der Waals surface area contributed by atoms with Crippen molar-refractivity contribution < 1.29 is 9.59 Å². The van der Waals surface area contributed by atoms with Gasteiger partial charge in [0.15, 0.2) is 0 Å². The Kier molecular flexibility index (Phi) is 6.55. The van der Waals surface area contributed by atoms with Crippen molar-refractivity contribution in [1.29, 1.82) is 0 Å². The first-order chi connectivity index (χ1) is 13.5. The van der Waals surface area contributed by atoms with Crippen molar-refractivity contribution in [3.8, 4) is 0 Å². The molecule has 28 heavy (non-hydrogen) atoms. The fourth-order valence-corrected chi connectivity index (χ4v) is 3.46. The number of amides is 2. The van der Waals surface area contributed by atoms with E-state index >= 15 is 0 Å². The summed E-state index contributed by atoms with van der Waals surface area (Å²) in [4.78, 5) is 28.8. The number of carbonyl (C=O) groups excluding carboxylic acids is 2. The molecule has 0 fully saturated rings. The van der Waals surface area contributed by atoms with Gasteiger partial charge in [-0.1, -0.05) is 31.2 Å². The first-order valence-electron chi connectivity index (χ1n) is 9.26. The van der Waals surface area contributed by atoms with E-state index in [2.05, 4.69) is 15.6 Å². The van der Waals surface area contributed by atoms with E-state index in [0.717, 1.165) is 27.2 Å². The molecule has 0 aliphatic carbocycles. The van der Waals surface area contributed by atoms with Gasteiger partial charge in [-0.15, -0.1) is 11.3 Å². The number of hydrogen-bond acceptors (Lipinski definition) is 4. The van der Waals surface area contributed by atoms with Gasteiger partial charge in [0.05, 0.1) is 10.2 Å². The monoisotopic (exact) mass is 393 g/mol. The zero-order valence-corrected chi connectivity index (χ0v) is 16.8. The molecule has 144 valence electrons. The van der Waals surface area contributed by atoms with Crippen molar-refractivity contribution in [2.75, 3.05) is 0 Å². The number of fused-ring (bicyclic) bond motifs is 1. The maximum atomic E-state index is 12.2. The molecule has 3 aromatic rings. The minimum Gasteiger partial charge on any atom is -0.350 e. The Morgan fingerprint density at radius 2 is 2.00 bits per heavy atom. The molecule has 2 amide bonds. The van der Waals surface area contributed by atoms with Crippen LogP contribution in [0.5, 0.6) is 0 Å². The van der Waals surface area contributed by atoms with Gasteiger partial charge >= 0.3 is 0 Å². The Labute approximate surface area is 168 Å². The third-order valence-corrected chi connectivity index (χ3v) is 5.34. The Morgan fingerprint density at radius 1 is 1.18 bits per heavy atom. The van der Waals surface area contributed by atoms with Crippen LogP contribution in [0.2, 0.25) is 0 Å². The summed E-state index contributed by atoms with van der Waals surface area (Å²) in [5.74, 6) is -0.299. The number of carbonyl (C=O) groups is 2. The number of para-hydroxylation sites is 1. The van der Waals surface area contributed by atoms with Crippen molar-refractivity contribution in [3.63, 3.8) is 0 Å². The molecule has 1 aromatic heterocycles. The van der Waals surface area contributed by atoms with E-state index in [9.17, 15) is 9.59 Å². The van der Waals surface area contributed by atoms with Crippen LogP contribution < -0.4 is 10.6 Å². The van der Waals surface area contributed by atoms with Crippen LogP contribution >= 0.6 is 11.3 Å². The average Bonchev–Trinajstić information content (AvgIpc) is 3.13. The maximum absolute atomic E-state index is 12.2. The van der Waals surface area contributed by atoms with Gasteiger partial charge in [-0.3, -0.25) is 9.59 Å². The van der Waals surface area contributed by atoms with Gasteiger partial charge in [-0.05, 0) is 49.2 Å². The molecule has 5 nitrogen and oxygen atoms in total. The van der Waals surface area contributed by atoms with Crippen LogP contribution in [0.25, 0.3) is 16.3 Å². The van der Waals surface area contributed by atoms with Crippen molar-refractivity contribution in [2.45, 2.75) is 32.9 Å². The summed E-state index contributed by atoms with van der Waals surface area (Å²) in [6.45, 7) is 4.35. The van der Waals surface area contributed by atoms with E-state index in [4.69, 9.17) is 0 Å². The van der Waals surface area contributed by atoms with Gasteiger partial charge in [-0.25, -0.2) is 4.98 Å². The predicted molar refractivity (Wildman–Crippen MR) is 114 cm³/mol. The summed E-state index contributed by atoms with van der Waals surface area (Å²) in [5.41, 5.74) is 2.40. The highest BCUT2D eigenvalue weighted by Gasteiger charge is 2.09. The molecule has 1 unspecified atom stereocenters. The van der Waals surface area contributed by atoms with Crippen molar-refractivity contribution in [2.24, 2.45) is 0 Å². The molecule has 0 aliphatic heterocycles. The smallest absolute Gasteiger partial charge is 0.251 e. The van der Waals surface area contributed by atoms with Crippen LogP contribution in [-0.4, -0.2) is 22.8 Å². The molecular formula is C22H23N3O2S. The molecule has 0 bridgehead atoms. The van der Waals surface area contributed by atoms with E-state index < -0.39 is 0 Å². The highest BCUT2D eigenvalue weighted by Crippen LogP contribution is 2.22. The van der Waals surface area contributed by atoms with E-state index in [0.29, 0.717) is 12.1 Å². The summed E-state index contributed by atoms with van der Waals surface area (Å²) >= 11 is 1.54. The lowest BCUT2D eigenvalue weighted by Crippen LogP contribution is -2.32. The molecule has 0 aliphatic rings. The first-order valence-corrected chi connectivity index (χ1v) is 10.1. The molecule has 0 spiro atoms. The molecule has 1 atom stereocenters. The number of aromatic nitrogens is 1. The molecule has 0 radical (unpaired) electrons. The van der Waals surface area contributed by atoms with Crippen LogP contribution in [0.15, 0.2) is 54.6 Å². The van der Waals surface area contributed by atoms with Crippen LogP contribution in [0.3, 0.4) is 0 Å². The predicted octanol–water partition coefficient (Wildman–Crippen LogP) is 4.15. The number of nitrogens with zero attached hydrogens (tertiary/aromatic N) is 1. The Balaban J connectivity index is 1.56. The largest absolute Gasteiger partial charge is 0.350 e. The van der Waals surface area contributed by atoms with E-state index in [1.54, 1.807) is 29.5 Å². The van der Waals surface area contributed by atoms with Crippen molar-refractivity contribution in [1.82, 2.24) is 15.6 Å². The molecule has 0 saturated carbocycles. The van der Waals surface area contributed by atoms with Gasteiger partial charge in [-0.2, -0.15) is 0 Å². The normalized spacial score (nSPS) is 12.2. The highest BCUT2D eigenvalue weighted by molar-refractivity contribution is 7.19.